The SMILES string of the molecule is CNc1ncc(OCC2COC(C)(C)O2)cn1. The van der Waals surface area contributed by atoms with Crippen molar-refractivity contribution in [3.8, 4) is 5.75 Å². The predicted octanol–water partition coefficient (Wildman–Crippen LogP) is 1.05. The van der Waals surface area contributed by atoms with Gasteiger partial charge in [-0.25, -0.2) is 9.97 Å². The number of hydrogen-bond acceptors (Lipinski definition) is 6. The fraction of sp³-hybridized carbons (Fsp3) is 0.636. The Labute approximate surface area is 100 Å². The van der Waals surface area contributed by atoms with Gasteiger partial charge in [-0.15, -0.1) is 0 Å². The topological polar surface area (TPSA) is 65.5 Å². The molecule has 6 heteroatoms. The van der Waals surface area contributed by atoms with E-state index in [1.54, 1.807) is 19.4 Å². The molecule has 0 saturated carbocycles. The maximum absolute atomic E-state index is 5.62. The predicted molar refractivity (Wildman–Crippen MR) is 62.0 cm³/mol. The summed E-state index contributed by atoms with van der Waals surface area (Å²) >= 11 is 0. The van der Waals surface area contributed by atoms with Crippen molar-refractivity contribution >= 4 is 5.95 Å². The number of nitrogens with zero attached hydrogens (tertiary/aromatic N) is 2. The highest BCUT2D eigenvalue weighted by Gasteiger charge is 2.32. The van der Waals surface area contributed by atoms with Crippen molar-refractivity contribution in [2.24, 2.45) is 0 Å². The molecule has 6 nitrogen and oxygen atoms in total. The zero-order valence-corrected chi connectivity index (χ0v) is 10.3. The Hall–Kier alpha value is -1.40. The summed E-state index contributed by atoms with van der Waals surface area (Å²) in [4.78, 5) is 8.10. The minimum absolute atomic E-state index is 0.0472. The summed E-state index contributed by atoms with van der Waals surface area (Å²) in [6, 6.07) is 0. The first kappa shape index (κ1) is 12.1. The van der Waals surface area contributed by atoms with Crippen LogP contribution < -0.4 is 10.1 Å². The molecule has 0 radical (unpaired) electrons. The molecule has 94 valence electrons. The first-order chi connectivity index (χ1) is 8.09. The Morgan fingerprint density at radius 1 is 1.47 bits per heavy atom. The molecule has 1 aromatic rings. The van der Waals surface area contributed by atoms with Crippen molar-refractivity contribution in [3.63, 3.8) is 0 Å². The number of ether oxygens (including phenoxy) is 3. The van der Waals surface area contributed by atoms with Gasteiger partial charge in [0.1, 0.15) is 12.7 Å². The molecule has 1 saturated heterocycles. The van der Waals surface area contributed by atoms with Crippen LogP contribution in [-0.4, -0.2) is 42.1 Å². The summed E-state index contributed by atoms with van der Waals surface area (Å²) in [6.45, 7) is 4.75. The molecule has 2 heterocycles. The minimum atomic E-state index is -0.513. The van der Waals surface area contributed by atoms with E-state index >= 15 is 0 Å². The van der Waals surface area contributed by atoms with Gasteiger partial charge in [0.15, 0.2) is 11.5 Å². The number of nitrogens with one attached hydrogen (secondary N) is 1. The molecule has 0 amide bonds. The van der Waals surface area contributed by atoms with Crippen LogP contribution >= 0.6 is 0 Å². The summed E-state index contributed by atoms with van der Waals surface area (Å²) < 4.78 is 16.6. The highest BCUT2D eigenvalue weighted by atomic mass is 16.7. The number of aromatic nitrogens is 2. The lowest BCUT2D eigenvalue weighted by molar-refractivity contribution is -0.141. The Morgan fingerprint density at radius 3 is 2.71 bits per heavy atom. The van der Waals surface area contributed by atoms with Gasteiger partial charge in [-0.3, -0.25) is 0 Å². The van der Waals surface area contributed by atoms with E-state index in [2.05, 4.69) is 15.3 Å². The second-order valence-corrected chi connectivity index (χ2v) is 4.25. The van der Waals surface area contributed by atoms with Crippen LogP contribution in [0.15, 0.2) is 12.4 Å². The van der Waals surface area contributed by atoms with Gasteiger partial charge in [0.05, 0.1) is 19.0 Å². The highest BCUT2D eigenvalue weighted by Crippen LogP contribution is 2.22. The zero-order chi connectivity index (χ0) is 12.3. The molecule has 1 aliphatic heterocycles. The summed E-state index contributed by atoms with van der Waals surface area (Å²) in [5, 5.41) is 2.84. The Morgan fingerprint density at radius 2 is 2.18 bits per heavy atom. The van der Waals surface area contributed by atoms with Crippen molar-refractivity contribution in [2.75, 3.05) is 25.6 Å². The molecule has 0 spiro atoms. The quantitative estimate of drug-likeness (QED) is 0.847. The monoisotopic (exact) mass is 239 g/mol. The fourth-order valence-electron chi connectivity index (χ4n) is 1.55. The van der Waals surface area contributed by atoms with Crippen LogP contribution in [-0.2, 0) is 9.47 Å². The van der Waals surface area contributed by atoms with E-state index in [1.807, 2.05) is 13.8 Å². The summed E-state index contributed by atoms with van der Waals surface area (Å²) in [5.74, 6) is 0.678. The van der Waals surface area contributed by atoms with Gasteiger partial charge < -0.3 is 19.5 Å². The van der Waals surface area contributed by atoms with Crippen LogP contribution in [0.1, 0.15) is 13.8 Å². The molecule has 1 aromatic heterocycles. The number of rotatable bonds is 4. The van der Waals surface area contributed by atoms with E-state index in [9.17, 15) is 0 Å². The molecular formula is C11H17N3O3. The van der Waals surface area contributed by atoms with Crippen molar-refractivity contribution in [2.45, 2.75) is 25.7 Å². The molecule has 1 unspecified atom stereocenters. The maximum atomic E-state index is 5.62. The van der Waals surface area contributed by atoms with Gasteiger partial charge in [-0.1, -0.05) is 0 Å². The lowest BCUT2D eigenvalue weighted by atomic mass is 10.4. The lowest BCUT2D eigenvalue weighted by Crippen LogP contribution is -2.25. The maximum Gasteiger partial charge on any atom is 0.222 e. The third kappa shape index (κ3) is 3.28. The highest BCUT2D eigenvalue weighted by molar-refractivity contribution is 5.25. The number of anilines is 1. The van der Waals surface area contributed by atoms with Gasteiger partial charge >= 0.3 is 0 Å². The van der Waals surface area contributed by atoms with E-state index in [1.165, 1.54) is 0 Å². The standard InChI is InChI=1S/C11H17N3O3/c1-11(2)16-7-9(17-11)6-15-8-4-13-10(12-3)14-5-8/h4-5,9H,6-7H2,1-3H3,(H,12,13,14). The van der Waals surface area contributed by atoms with Crippen LogP contribution in [0.3, 0.4) is 0 Å². The van der Waals surface area contributed by atoms with Crippen molar-refractivity contribution < 1.29 is 14.2 Å². The number of hydrogen-bond donors (Lipinski definition) is 1. The molecule has 1 N–H and O–H groups in total. The van der Waals surface area contributed by atoms with E-state index in [-0.39, 0.29) is 6.10 Å². The van der Waals surface area contributed by atoms with E-state index in [0.29, 0.717) is 24.9 Å². The smallest absolute Gasteiger partial charge is 0.222 e. The summed E-state index contributed by atoms with van der Waals surface area (Å²) in [6.07, 6.45) is 3.20. The molecule has 0 aliphatic carbocycles. The van der Waals surface area contributed by atoms with Gasteiger partial charge in [0.25, 0.3) is 0 Å². The molecule has 0 aromatic carbocycles. The zero-order valence-electron chi connectivity index (χ0n) is 10.3. The van der Waals surface area contributed by atoms with Crippen molar-refractivity contribution in [3.05, 3.63) is 12.4 Å². The van der Waals surface area contributed by atoms with Gasteiger partial charge in [-0.05, 0) is 13.8 Å². The fourth-order valence-corrected chi connectivity index (χ4v) is 1.55. The molecule has 0 bridgehead atoms. The normalized spacial score (nSPS) is 22.4. The third-order valence-electron chi connectivity index (χ3n) is 2.35. The largest absolute Gasteiger partial charge is 0.488 e. The molecular weight excluding hydrogens is 222 g/mol. The van der Waals surface area contributed by atoms with Crippen LogP contribution in [0.4, 0.5) is 5.95 Å². The summed E-state index contributed by atoms with van der Waals surface area (Å²) in [7, 11) is 1.77. The molecule has 1 fully saturated rings. The van der Waals surface area contributed by atoms with Crippen LogP contribution in [0.2, 0.25) is 0 Å². The minimum Gasteiger partial charge on any atom is -0.488 e. The third-order valence-corrected chi connectivity index (χ3v) is 2.35. The van der Waals surface area contributed by atoms with E-state index in [0.717, 1.165) is 0 Å². The first-order valence-electron chi connectivity index (χ1n) is 5.53. The molecule has 1 atom stereocenters. The second kappa shape index (κ2) is 4.85. The average molecular weight is 239 g/mol. The molecule has 1 aliphatic rings. The van der Waals surface area contributed by atoms with E-state index < -0.39 is 5.79 Å². The van der Waals surface area contributed by atoms with Crippen LogP contribution in [0.5, 0.6) is 5.75 Å². The molecule has 2 rings (SSSR count). The van der Waals surface area contributed by atoms with Gasteiger partial charge in [0.2, 0.25) is 5.95 Å². The Kier molecular flexibility index (Phi) is 3.44. The Balaban J connectivity index is 1.82. The lowest BCUT2D eigenvalue weighted by Gasteiger charge is -2.17. The first-order valence-corrected chi connectivity index (χ1v) is 5.53. The van der Waals surface area contributed by atoms with Crippen LogP contribution in [0.25, 0.3) is 0 Å². The van der Waals surface area contributed by atoms with Gasteiger partial charge in [-0.2, -0.15) is 0 Å². The van der Waals surface area contributed by atoms with Gasteiger partial charge in [0, 0.05) is 7.05 Å². The van der Waals surface area contributed by atoms with E-state index in [4.69, 9.17) is 14.2 Å². The second-order valence-electron chi connectivity index (χ2n) is 4.25. The summed E-state index contributed by atoms with van der Waals surface area (Å²) in [5.41, 5.74) is 0. The average Bonchev–Trinajstić information content (AvgIpc) is 2.67. The molecule has 17 heavy (non-hydrogen) atoms. The van der Waals surface area contributed by atoms with Crippen LogP contribution in [0, 0.1) is 0 Å². The Bertz CT molecular complexity index is 367. The van der Waals surface area contributed by atoms with Crippen molar-refractivity contribution in [1.82, 2.24) is 9.97 Å². The van der Waals surface area contributed by atoms with Crippen molar-refractivity contribution in [1.29, 1.82) is 0 Å².